The summed E-state index contributed by atoms with van der Waals surface area (Å²) in [4.78, 5) is 12.0. The molecule has 0 saturated heterocycles. The topological polar surface area (TPSA) is 88.0 Å². The van der Waals surface area contributed by atoms with Crippen molar-refractivity contribution in [2.75, 3.05) is 0 Å². The number of nitrogens with zero attached hydrogens (tertiary/aromatic N) is 4. The Kier molecular flexibility index (Phi) is 4.64. The van der Waals surface area contributed by atoms with Gasteiger partial charge in [0.2, 0.25) is 5.95 Å². The highest BCUT2D eigenvalue weighted by Gasteiger charge is 2.11. The Morgan fingerprint density at radius 2 is 2.12 bits per heavy atom. The second-order valence-corrected chi connectivity index (χ2v) is 5.08. The number of amides is 1. The largest absolute Gasteiger partial charge is 0.289 e. The number of halogens is 2. The van der Waals surface area contributed by atoms with Crippen LogP contribution in [-0.4, -0.2) is 32.1 Å². The minimum absolute atomic E-state index is 0.166. The molecule has 0 atom stereocenters. The first-order chi connectivity index (χ1) is 12.1. The van der Waals surface area contributed by atoms with Crippen LogP contribution in [0.2, 0.25) is 0 Å². The maximum atomic E-state index is 13.8. The fourth-order valence-corrected chi connectivity index (χ4v) is 2.12. The van der Waals surface area contributed by atoms with E-state index in [2.05, 4.69) is 25.8 Å². The molecule has 7 nitrogen and oxygen atoms in total. The average Bonchev–Trinajstić information content (AvgIpc) is 3.23. The predicted molar refractivity (Wildman–Crippen MR) is 86.9 cm³/mol. The van der Waals surface area contributed by atoms with Gasteiger partial charge in [-0.05, 0) is 37.3 Å². The lowest BCUT2D eigenvalue weighted by molar-refractivity contribution is 0.0950. The molecule has 0 radical (unpaired) electrons. The van der Waals surface area contributed by atoms with Crippen molar-refractivity contribution in [3.8, 4) is 11.3 Å². The van der Waals surface area contributed by atoms with Gasteiger partial charge in [-0.2, -0.15) is 19.7 Å². The van der Waals surface area contributed by atoms with Gasteiger partial charge in [-0.3, -0.25) is 9.89 Å². The third-order valence-electron chi connectivity index (χ3n) is 3.43. The highest BCUT2D eigenvalue weighted by atomic mass is 19.1. The van der Waals surface area contributed by atoms with Crippen LogP contribution in [0.1, 0.15) is 23.0 Å². The summed E-state index contributed by atoms with van der Waals surface area (Å²) in [5, 5.41) is 14.1. The van der Waals surface area contributed by atoms with Crippen LogP contribution in [0.5, 0.6) is 0 Å². The molecular weight excluding hydrogens is 330 g/mol. The quantitative estimate of drug-likeness (QED) is 0.550. The lowest BCUT2D eigenvalue weighted by Crippen LogP contribution is -2.18. The molecule has 0 spiro atoms. The zero-order chi connectivity index (χ0) is 17.8. The van der Waals surface area contributed by atoms with E-state index in [1.165, 1.54) is 35.3 Å². The molecule has 0 unspecified atom stereocenters. The first kappa shape index (κ1) is 16.5. The Balaban J connectivity index is 1.66. The van der Waals surface area contributed by atoms with Gasteiger partial charge < -0.3 is 0 Å². The number of carbonyl (C=O) groups is 1. The van der Waals surface area contributed by atoms with Crippen LogP contribution < -0.4 is 5.43 Å². The number of aryl methyl sites for hydroxylation is 1. The van der Waals surface area contributed by atoms with E-state index in [4.69, 9.17) is 0 Å². The Hall–Kier alpha value is -3.36. The number of aromatic amines is 1. The van der Waals surface area contributed by atoms with Gasteiger partial charge in [0.1, 0.15) is 11.5 Å². The van der Waals surface area contributed by atoms with Crippen LogP contribution in [0.25, 0.3) is 11.3 Å². The monoisotopic (exact) mass is 344 g/mol. The molecular formula is C16H14F2N6O. The number of hydrazone groups is 1. The minimum Gasteiger partial charge on any atom is -0.272 e. The van der Waals surface area contributed by atoms with Crippen LogP contribution in [0.4, 0.5) is 8.78 Å². The molecule has 0 aliphatic heterocycles. The van der Waals surface area contributed by atoms with Crippen molar-refractivity contribution in [1.82, 2.24) is 25.4 Å². The van der Waals surface area contributed by atoms with Crippen LogP contribution >= 0.6 is 0 Å². The van der Waals surface area contributed by atoms with Gasteiger partial charge in [-0.25, -0.2) is 14.5 Å². The van der Waals surface area contributed by atoms with Crippen LogP contribution in [0.15, 0.2) is 41.6 Å². The average molecular weight is 344 g/mol. The highest BCUT2D eigenvalue weighted by molar-refractivity contribution is 5.94. The second kappa shape index (κ2) is 7.04. The van der Waals surface area contributed by atoms with E-state index < -0.39 is 11.9 Å². The van der Waals surface area contributed by atoms with E-state index in [0.717, 1.165) is 0 Å². The zero-order valence-corrected chi connectivity index (χ0v) is 13.2. The molecule has 1 amide bonds. The summed E-state index contributed by atoms with van der Waals surface area (Å²) in [7, 11) is 0. The van der Waals surface area contributed by atoms with Crippen LogP contribution in [-0.2, 0) is 6.54 Å². The Labute approximate surface area is 141 Å². The number of hydrogen-bond donors (Lipinski definition) is 2. The van der Waals surface area contributed by atoms with Crippen molar-refractivity contribution in [3.63, 3.8) is 0 Å². The molecule has 0 aliphatic carbocycles. The van der Waals surface area contributed by atoms with Gasteiger partial charge in [0.15, 0.2) is 0 Å². The van der Waals surface area contributed by atoms with E-state index >= 15 is 0 Å². The number of hydrogen-bond acceptors (Lipinski definition) is 4. The molecule has 0 aliphatic rings. The van der Waals surface area contributed by atoms with E-state index in [0.29, 0.717) is 17.8 Å². The number of carbonyl (C=O) groups excluding carboxylic acids is 1. The van der Waals surface area contributed by atoms with E-state index in [-0.39, 0.29) is 17.1 Å². The second-order valence-electron chi connectivity index (χ2n) is 5.08. The first-order valence-corrected chi connectivity index (χ1v) is 7.44. The molecule has 9 heteroatoms. The molecule has 3 rings (SSSR count). The maximum absolute atomic E-state index is 13.8. The standard InChI is InChI=1S/C16H14F2N6O/c1-2-24-15(18)11(9-20-24)8-19-23-16(25)14-7-13(21-22-14)10-3-5-12(17)6-4-10/h3-9H,2H2,1H3,(H,21,22)(H,23,25)/b19-8-. The molecule has 2 heterocycles. The molecule has 25 heavy (non-hydrogen) atoms. The summed E-state index contributed by atoms with van der Waals surface area (Å²) < 4.78 is 27.9. The Morgan fingerprint density at radius 3 is 2.80 bits per heavy atom. The molecule has 128 valence electrons. The Morgan fingerprint density at radius 1 is 1.36 bits per heavy atom. The lowest BCUT2D eigenvalue weighted by Gasteiger charge is -1.96. The number of H-pyrrole nitrogens is 1. The number of benzene rings is 1. The van der Waals surface area contributed by atoms with Crippen molar-refractivity contribution in [1.29, 1.82) is 0 Å². The third kappa shape index (κ3) is 3.60. The van der Waals surface area contributed by atoms with Crippen molar-refractivity contribution in [2.24, 2.45) is 5.10 Å². The first-order valence-electron chi connectivity index (χ1n) is 7.44. The van der Waals surface area contributed by atoms with Crippen molar-refractivity contribution >= 4 is 12.1 Å². The fraction of sp³-hybridized carbons (Fsp3) is 0.125. The van der Waals surface area contributed by atoms with Gasteiger partial charge in [0, 0.05) is 12.1 Å². The fourth-order valence-electron chi connectivity index (χ4n) is 2.12. The van der Waals surface area contributed by atoms with Crippen molar-refractivity contribution in [2.45, 2.75) is 13.5 Å². The molecule has 3 aromatic rings. The number of aromatic nitrogens is 4. The molecule has 2 N–H and O–H groups in total. The molecule has 0 saturated carbocycles. The normalized spacial score (nSPS) is 11.2. The summed E-state index contributed by atoms with van der Waals surface area (Å²) in [6, 6.07) is 7.23. The van der Waals surface area contributed by atoms with E-state index in [1.807, 2.05) is 0 Å². The SMILES string of the molecule is CCn1ncc(/C=N\NC(=O)c2cc(-c3ccc(F)cc3)n[nH]2)c1F. The van der Waals surface area contributed by atoms with Gasteiger partial charge in [-0.1, -0.05) is 0 Å². The van der Waals surface area contributed by atoms with Gasteiger partial charge in [-0.15, -0.1) is 0 Å². The Bertz CT molecular complexity index is 913. The number of nitrogens with one attached hydrogen (secondary N) is 2. The van der Waals surface area contributed by atoms with E-state index in [9.17, 15) is 13.6 Å². The summed E-state index contributed by atoms with van der Waals surface area (Å²) in [6.07, 6.45) is 2.49. The van der Waals surface area contributed by atoms with Gasteiger partial charge in [0.25, 0.3) is 5.91 Å². The van der Waals surface area contributed by atoms with Crippen molar-refractivity contribution < 1.29 is 13.6 Å². The summed E-state index contributed by atoms with van der Waals surface area (Å²) in [5.41, 5.74) is 3.76. The molecule has 1 aromatic carbocycles. The zero-order valence-electron chi connectivity index (χ0n) is 13.2. The minimum atomic E-state index is -0.541. The van der Waals surface area contributed by atoms with Gasteiger partial charge in [0.05, 0.1) is 23.7 Å². The third-order valence-corrected chi connectivity index (χ3v) is 3.43. The van der Waals surface area contributed by atoms with Crippen LogP contribution in [0, 0.1) is 11.8 Å². The highest BCUT2D eigenvalue weighted by Crippen LogP contribution is 2.17. The summed E-state index contributed by atoms with van der Waals surface area (Å²) >= 11 is 0. The smallest absolute Gasteiger partial charge is 0.272 e. The number of rotatable bonds is 5. The molecule has 0 fully saturated rings. The predicted octanol–water partition coefficient (Wildman–Crippen LogP) is 2.34. The van der Waals surface area contributed by atoms with E-state index in [1.54, 1.807) is 19.1 Å². The summed E-state index contributed by atoms with van der Waals surface area (Å²) in [6.45, 7) is 2.15. The molecule has 2 aromatic heterocycles. The summed E-state index contributed by atoms with van der Waals surface area (Å²) in [5.74, 6) is -1.42. The van der Waals surface area contributed by atoms with Crippen LogP contribution in [0.3, 0.4) is 0 Å². The maximum Gasteiger partial charge on any atom is 0.289 e. The molecule has 0 bridgehead atoms. The van der Waals surface area contributed by atoms with Crippen molar-refractivity contribution in [3.05, 3.63) is 59.6 Å². The van der Waals surface area contributed by atoms with Gasteiger partial charge >= 0.3 is 0 Å². The lowest BCUT2D eigenvalue weighted by atomic mass is 10.1.